The van der Waals surface area contributed by atoms with Crippen LogP contribution in [0.1, 0.15) is 0 Å². The van der Waals surface area contributed by atoms with Crippen LogP contribution in [0, 0.1) is 0 Å². The third kappa shape index (κ3) is 20.7. The number of ether oxygens (including phenoxy) is 1. The Morgan fingerprint density at radius 3 is 1.22 bits per heavy atom. The SMILES string of the molecule is NC(=O)C=CC(=O)O.O=C(O)C=CC(=O)O.O=C1C=CC(=O)O1. The number of rotatable bonds is 4. The number of carboxylic acids is 3. The van der Waals surface area contributed by atoms with Gasteiger partial charge in [-0.05, 0) is 0 Å². The Morgan fingerprint density at radius 2 is 1.09 bits per heavy atom. The van der Waals surface area contributed by atoms with Gasteiger partial charge in [0.05, 0.1) is 0 Å². The first kappa shape index (κ1) is 21.5. The molecule has 1 heterocycles. The van der Waals surface area contributed by atoms with E-state index in [1.165, 1.54) is 0 Å². The van der Waals surface area contributed by atoms with Gasteiger partial charge in [0, 0.05) is 36.5 Å². The largest absolute Gasteiger partial charge is 0.478 e. The Kier molecular flexibility index (Phi) is 11.3. The first-order valence-corrected chi connectivity index (χ1v) is 5.32. The molecule has 1 amide bonds. The van der Waals surface area contributed by atoms with Gasteiger partial charge >= 0.3 is 29.8 Å². The lowest BCUT2D eigenvalue weighted by molar-refractivity contribution is -0.150. The van der Waals surface area contributed by atoms with Crippen molar-refractivity contribution in [3.63, 3.8) is 0 Å². The molecule has 0 saturated heterocycles. The van der Waals surface area contributed by atoms with Crippen LogP contribution in [0.25, 0.3) is 0 Å². The lowest BCUT2D eigenvalue weighted by atomic mass is 10.5. The van der Waals surface area contributed by atoms with Crippen molar-refractivity contribution in [1.29, 1.82) is 0 Å². The van der Waals surface area contributed by atoms with Crippen LogP contribution in [-0.4, -0.2) is 51.1 Å². The summed E-state index contributed by atoms with van der Waals surface area (Å²) in [5.41, 5.74) is 4.55. The lowest BCUT2D eigenvalue weighted by Gasteiger charge is -1.80. The number of carbonyl (C=O) groups is 6. The zero-order chi connectivity index (χ0) is 18.4. The first-order valence-electron chi connectivity index (χ1n) is 5.32. The van der Waals surface area contributed by atoms with Gasteiger partial charge in [0.2, 0.25) is 5.91 Å². The minimum absolute atomic E-state index is 0.558. The fourth-order valence-corrected chi connectivity index (χ4v) is 0.599. The van der Waals surface area contributed by atoms with Gasteiger partial charge in [-0.15, -0.1) is 0 Å². The Morgan fingerprint density at radius 1 is 0.783 bits per heavy atom. The smallest absolute Gasteiger partial charge is 0.338 e. The molecule has 0 spiro atoms. The molecule has 11 nitrogen and oxygen atoms in total. The standard InChI is InChI=1S/C4H5NO3.C4H4O4.C4H2O3/c2*5-3(6)1-2-4(7)8;5-3-1-2-4(6)7-3/h1-2H,(H2,5,6)(H,7,8);1-2H,(H,5,6)(H,7,8);1-2H. The van der Waals surface area contributed by atoms with Gasteiger partial charge in [-0.3, -0.25) is 4.79 Å². The van der Waals surface area contributed by atoms with E-state index in [9.17, 15) is 28.8 Å². The van der Waals surface area contributed by atoms with E-state index in [-0.39, 0.29) is 0 Å². The summed E-state index contributed by atoms with van der Waals surface area (Å²) in [7, 11) is 0. The number of hydrogen-bond acceptors (Lipinski definition) is 7. The zero-order valence-electron chi connectivity index (χ0n) is 11.2. The van der Waals surface area contributed by atoms with Crippen LogP contribution in [0.5, 0.6) is 0 Å². The molecule has 0 radical (unpaired) electrons. The van der Waals surface area contributed by atoms with Crippen molar-refractivity contribution in [1.82, 2.24) is 0 Å². The molecular weight excluding hydrogens is 318 g/mol. The van der Waals surface area contributed by atoms with E-state index in [0.717, 1.165) is 18.2 Å². The third-order valence-electron chi connectivity index (χ3n) is 1.32. The topological polar surface area (TPSA) is 198 Å². The van der Waals surface area contributed by atoms with Gasteiger partial charge < -0.3 is 25.8 Å². The van der Waals surface area contributed by atoms with Crippen LogP contribution >= 0.6 is 0 Å². The molecule has 0 aliphatic carbocycles. The maximum absolute atomic E-state index is 9.92. The summed E-state index contributed by atoms with van der Waals surface area (Å²) in [6.07, 6.45) is 4.75. The second kappa shape index (κ2) is 12.0. The van der Waals surface area contributed by atoms with E-state index < -0.39 is 35.8 Å². The van der Waals surface area contributed by atoms with Gasteiger partial charge in [-0.2, -0.15) is 0 Å². The summed E-state index contributed by atoms with van der Waals surface area (Å²) in [6, 6.07) is 0. The van der Waals surface area contributed by atoms with Crippen molar-refractivity contribution >= 4 is 35.8 Å². The number of carbonyl (C=O) groups excluding carboxylic acids is 3. The molecule has 1 rings (SSSR count). The van der Waals surface area contributed by atoms with Crippen LogP contribution in [0.3, 0.4) is 0 Å². The second-order valence-corrected chi connectivity index (χ2v) is 3.16. The van der Waals surface area contributed by atoms with Gasteiger partial charge in [0.1, 0.15) is 0 Å². The summed E-state index contributed by atoms with van der Waals surface area (Å²) >= 11 is 0. The van der Waals surface area contributed by atoms with Crippen LogP contribution in [0.2, 0.25) is 0 Å². The number of aliphatic carboxylic acids is 3. The van der Waals surface area contributed by atoms with E-state index in [1.54, 1.807) is 0 Å². The number of esters is 2. The normalized spacial score (nSPS) is 12.0. The molecule has 124 valence electrons. The van der Waals surface area contributed by atoms with E-state index in [2.05, 4.69) is 10.5 Å². The Hall–Kier alpha value is -3.76. The molecule has 0 aromatic rings. The average Bonchev–Trinajstić information content (AvgIpc) is 2.79. The highest BCUT2D eigenvalue weighted by molar-refractivity contribution is 6.04. The van der Waals surface area contributed by atoms with Crippen LogP contribution < -0.4 is 5.73 Å². The van der Waals surface area contributed by atoms with Crippen LogP contribution in [0.15, 0.2) is 36.5 Å². The van der Waals surface area contributed by atoms with Crippen molar-refractivity contribution in [2.75, 3.05) is 0 Å². The molecule has 5 N–H and O–H groups in total. The molecular formula is C12H11NO10. The van der Waals surface area contributed by atoms with E-state index in [1.807, 2.05) is 0 Å². The van der Waals surface area contributed by atoms with E-state index in [0.29, 0.717) is 18.2 Å². The van der Waals surface area contributed by atoms with Gasteiger partial charge in [0.25, 0.3) is 0 Å². The third-order valence-corrected chi connectivity index (χ3v) is 1.32. The molecule has 0 saturated carbocycles. The van der Waals surface area contributed by atoms with Crippen molar-refractivity contribution in [2.45, 2.75) is 0 Å². The summed E-state index contributed by atoms with van der Waals surface area (Å²) < 4.78 is 3.97. The average molecular weight is 329 g/mol. The first-order chi connectivity index (χ1) is 10.5. The lowest BCUT2D eigenvalue weighted by Crippen LogP contribution is -2.06. The quantitative estimate of drug-likeness (QED) is 0.266. The van der Waals surface area contributed by atoms with Crippen LogP contribution in [0.4, 0.5) is 0 Å². The minimum atomic E-state index is -1.26. The highest BCUT2D eigenvalue weighted by atomic mass is 16.6. The van der Waals surface area contributed by atoms with Crippen molar-refractivity contribution in [3.05, 3.63) is 36.5 Å². The fraction of sp³-hybridized carbons (Fsp3) is 0. The number of hydrogen-bond donors (Lipinski definition) is 4. The Balaban J connectivity index is 0. The molecule has 1 aliphatic heterocycles. The van der Waals surface area contributed by atoms with Gasteiger partial charge in [-0.25, -0.2) is 24.0 Å². The van der Waals surface area contributed by atoms with Crippen LogP contribution in [-0.2, 0) is 33.5 Å². The second-order valence-electron chi connectivity index (χ2n) is 3.16. The maximum Gasteiger partial charge on any atom is 0.338 e. The summed E-state index contributed by atoms with van der Waals surface area (Å²) in [5, 5.41) is 23.5. The van der Waals surface area contributed by atoms with E-state index in [4.69, 9.17) is 15.3 Å². The number of primary amides is 1. The monoisotopic (exact) mass is 329 g/mol. The number of amides is 1. The number of carboxylic acid groups (broad SMARTS) is 3. The molecule has 0 bridgehead atoms. The molecule has 0 unspecified atom stereocenters. The number of cyclic esters (lactones) is 2. The molecule has 23 heavy (non-hydrogen) atoms. The highest BCUT2D eigenvalue weighted by Gasteiger charge is 2.10. The summed E-state index contributed by atoms with van der Waals surface area (Å²) in [6.45, 7) is 0. The molecule has 0 aromatic carbocycles. The highest BCUT2D eigenvalue weighted by Crippen LogP contribution is 1.92. The molecule has 0 aromatic heterocycles. The predicted molar refractivity (Wildman–Crippen MR) is 70.6 cm³/mol. The van der Waals surface area contributed by atoms with Gasteiger partial charge in [-0.1, -0.05) is 0 Å². The molecule has 1 aliphatic rings. The zero-order valence-corrected chi connectivity index (χ0v) is 11.2. The number of nitrogens with two attached hydrogens (primary N) is 1. The minimum Gasteiger partial charge on any atom is -0.478 e. The summed E-state index contributed by atoms with van der Waals surface area (Å²) in [5.74, 6) is -5.61. The Labute approximate surface area is 127 Å². The predicted octanol–water partition coefficient (Wildman–Crippen LogP) is -1.55. The summed E-state index contributed by atoms with van der Waals surface area (Å²) in [4.78, 5) is 58.3. The Bertz CT molecular complexity index is 503. The van der Waals surface area contributed by atoms with E-state index >= 15 is 0 Å². The maximum atomic E-state index is 9.92. The molecule has 0 fully saturated rings. The van der Waals surface area contributed by atoms with Crippen molar-refractivity contribution < 1.29 is 48.8 Å². The van der Waals surface area contributed by atoms with Crippen molar-refractivity contribution in [2.24, 2.45) is 5.73 Å². The molecule has 0 atom stereocenters. The molecule has 11 heteroatoms. The van der Waals surface area contributed by atoms with Gasteiger partial charge in [0.15, 0.2) is 0 Å². The van der Waals surface area contributed by atoms with Crippen molar-refractivity contribution in [3.8, 4) is 0 Å². The fourth-order valence-electron chi connectivity index (χ4n) is 0.599.